The molecular weight excluding hydrogens is 418 g/mol. The van der Waals surface area contributed by atoms with E-state index in [1.54, 1.807) is 0 Å². The highest BCUT2D eigenvalue weighted by molar-refractivity contribution is 6.04. The molecule has 0 radical (unpaired) electrons. The number of piperidine rings is 1. The molecule has 1 aliphatic rings. The maximum Gasteiger partial charge on any atom is 0.162 e. The van der Waals surface area contributed by atoms with Gasteiger partial charge in [0.25, 0.3) is 0 Å². The fraction of sp³-hybridized carbons (Fsp3) is 0.241. The van der Waals surface area contributed by atoms with Crippen molar-refractivity contribution in [3.8, 4) is 22.3 Å². The Morgan fingerprint density at radius 2 is 1.53 bits per heavy atom. The third kappa shape index (κ3) is 3.39. The fourth-order valence-electron chi connectivity index (χ4n) is 5.53. The Morgan fingerprint density at radius 3 is 2.29 bits per heavy atom. The minimum Gasteiger partial charge on any atom is -0.398 e. The summed E-state index contributed by atoms with van der Waals surface area (Å²) < 4.78 is 1.87. The minimum absolute atomic E-state index is 0.583. The van der Waals surface area contributed by atoms with E-state index in [2.05, 4.69) is 72.5 Å². The molecule has 1 aliphatic heterocycles. The number of nitrogen functional groups attached to an aromatic ring is 1. The first kappa shape index (κ1) is 20.7. The van der Waals surface area contributed by atoms with Crippen molar-refractivity contribution in [2.24, 2.45) is 0 Å². The third-order valence-corrected chi connectivity index (χ3v) is 7.30. The molecule has 0 spiro atoms. The summed E-state index contributed by atoms with van der Waals surface area (Å²) in [7, 11) is 0. The van der Waals surface area contributed by atoms with Crippen LogP contribution in [0.3, 0.4) is 0 Å². The molecule has 2 N–H and O–H groups in total. The quantitative estimate of drug-likeness (QED) is 0.318. The fourth-order valence-corrected chi connectivity index (χ4v) is 5.53. The van der Waals surface area contributed by atoms with Gasteiger partial charge in [0.1, 0.15) is 0 Å². The first-order valence-corrected chi connectivity index (χ1v) is 12.1. The van der Waals surface area contributed by atoms with Crippen molar-refractivity contribution in [1.82, 2.24) is 14.6 Å². The Hall–Kier alpha value is -3.86. The molecule has 0 aliphatic carbocycles. The molecule has 0 bridgehead atoms. The van der Waals surface area contributed by atoms with Crippen LogP contribution in [0.2, 0.25) is 0 Å². The van der Waals surface area contributed by atoms with E-state index < -0.39 is 0 Å². The minimum atomic E-state index is 0.583. The van der Waals surface area contributed by atoms with Crippen molar-refractivity contribution in [2.45, 2.75) is 45.2 Å². The Kier molecular flexibility index (Phi) is 4.98. The number of benzene rings is 3. The number of nitrogens with two attached hydrogens (primary N) is 1. The van der Waals surface area contributed by atoms with Crippen LogP contribution in [0, 0.1) is 0 Å². The maximum absolute atomic E-state index is 6.21. The highest BCUT2D eigenvalue weighted by Gasteiger charge is 2.24. The second kappa shape index (κ2) is 8.17. The molecule has 1 saturated heterocycles. The van der Waals surface area contributed by atoms with Gasteiger partial charge in [0.15, 0.2) is 5.65 Å². The van der Waals surface area contributed by atoms with Crippen LogP contribution in [0.1, 0.15) is 33.1 Å². The molecule has 3 aromatic carbocycles. The number of nitrogens with zero attached hydrogens (tertiary/aromatic N) is 4. The molecule has 5 nitrogen and oxygen atoms in total. The predicted molar refractivity (Wildman–Crippen MR) is 141 cm³/mol. The van der Waals surface area contributed by atoms with Gasteiger partial charge in [-0.1, -0.05) is 42.5 Å². The molecule has 3 heterocycles. The molecule has 5 heteroatoms. The normalized spacial score (nSPS) is 18.6. The third-order valence-electron chi connectivity index (χ3n) is 7.30. The zero-order valence-corrected chi connectivity index (χ0v) is 19.6. The lowest BCUT2D eigenvalue weighted by atomic mass is 9.96. The number of hydrogen-bond donors (Lipinski definition) is 1. The largest absolute Gasteiger partial charge is 0.398 e. The van der Waals surface area contributed by atoms with Crippen molar-refractivity contribution < 1.29 is 0 Å². The lowest BCUT2D eigenvalue weighted by molar-refractivity contribution is 0.414. The SMILES string of the molecule is C[C@@H]1CCC[C@H](C)N1c1ccc(-c2cnc3c(-c4ccc(N)c5ccccc45)cnn3c2)cc1. The zero-order valence-electron chi connectivity index (χ0n) is 19.6. The predicted octanol–water partition coefficient (Wildman–Crippen LogP) is 6.57. The van der Waals surface area contributed by atoms with E-state index in [0.717, 1.165) is 44.4 Å². The number of fused-ring (bicyclic) bond motifs is 2. The molecule has 0 unspecified atom stereocenters. The van der Waals surface area contributed by atoms with Crippen molar-refractivity contribution in [2.75, 3.05) is 10.6 Å². The first-order chi connectivity index (χ1) is 16.6. The van der Waals surface area contributed by atoms with Crippen LogP contribution < -0.4 is 10.6 Å². The van der Waals surface area contributed by atoms with Gasteiger partial charge in [0.05, 0.1) is 6.20 Å². The van der Waals surface area contributed by atoms with Crippen LogP contribution in [0.5, 0.6) is 0 Å². The number of anilines is 2. The zero-order chi connectivity index (χ0) is 23.2. The van der Waals surface area contributed by atoms with Crippen molar-refractivity contribution in [3.63, 3.8) is 0 Å². The molecule has 0 saturated carbocycles. The molecule has 5 aromatic rings. The summed E-state index contributed by atoms with van der Waals surface area (Å²) in [5.41, 5.74) is 13.4. The summed E-state index contributed by atoms with van der Waals surface area (Å²) in [6.07, 6.45) is 9.75. The van der Waals surface area contributed by atoms with Crippen LogP contribution in [0.15, 0.2) is 79.3 Å². The monoisotopic (exact) mass is 447 g/mol. The Morgan fingerprint density at radius 1 is 0.794 bits per heavy atom. The van der Waals surface area contributed by atoms with Gasteiger partial charge in [-0.3, -0.25) is 0 Å². The number of rotatable bonds is 3. The first-order valence-electron chi connectivity index (χ1n) is 12.1. The highest BCUT2D eigenvalue weighted by atomic mass is 15.2. The molecule has 34 heavy (non-hydrogen) atoms. The van der Waals surface area contributed by atoms with Crippen LogP contribution in [-0.4, -0.2) is 26.7 Å². The molecule has 170 valence electrons. The smallest absolute Gasteiger partial charge is 0.162 e. The van der Waals surface area contributed by atoms with E-state index in [4.69, 9.17) is 10.7 Å². The van der Waals surface area contributed by atoms with Gasteiger partial charge >= 0.3 is 0 Å². The molecular formula is C29H29N5. The summed E-state index contributed by atoms with van der Waals surface area (Å²) in [6, 6.07) is 22.3. The van der Waals surface area contributed by atoms with E-state index in [-0.39, 0.29) is 0 Å². The molecule has 6 rings (SSSR count). The number of hydrogen-bond acceptors (Lipinski definition) is 4. The molecule has 2 atom stereocenters. The molecule has 0 amide bonds. The average Bonchev–Trinajstić information content (AvgIpc) is 3.28. The molecule has 2 aromatic heterocycles. The van der Waals surface area contributed by atoms with Crippen molar-refractivity contribution >= 4 is 27.8 Å². The summed E-state index contributed by atoms with van der Waals surface area (Å²) in [5.74, 6) is 0. The van der Waals surface area contributed by atoms with Gasteiger partial charge in [0, 0.05) is 52.4 Å². The Bertz CT molecular complexity index is 1470. The van der Waals surface area contributed by atoms with Gasteiger partial charge in [0.2, 0.25) is 0 Å². The molecule has 1 fully saturated rings. The second-order valence-corrected chi connectivity index (χ2v) is 9.50. The summed E-state index contributed by atoms with van der Waals surface area (Å²) in [6.45, 7) is 4.67. The summed E-state index contributed by atoms with van der Waals surface area (Å²) in [4.78, 5) is 7.38. The van der Waals surface area contributed by atoms with Crippen LogP contribution in [-0.2, 0) is 0 Å². The van der Waals surface area contributed by atoms with E-state index in [9.17, 15) is 0 Å². The van der Waals surface area contributed by atoms with E-state index in [1.165, 1.54) is 24.9 Å². The van der Waals surface area contributed by atoms with Crippen molar-refractivity contribution in [3.05, 3.63) is 79.3 Å². The van der Waals surface area contributed by atoms with Crippen LogP contribution in [0.4, 0.5) is 11.4 Å². The van der Waals surface area contributed by atoms with E-state index in [0.29, 0.717) is 12.1 Å². The van der Waals surface area contributed by atoms with Gasteiger partial charge in [-0.15, -0.1) is 0 Å². The summed E-state index contributed by atoms with van der Waals surface area (Å²) >= 11 is 0. The van der Waals surface area contributed by atoms with Gasteiger partial charge < -0.3 is 10.6 Å². The van der Waals surface area contributed by atoms with Crippen LogP contribution in [0.25, 0.3) is 38.7 Å². The van der Waals surface area contributed by atoms with Gasteiger partial charge in [-0.25, -0.2) is 9.50 Å². The van der Waals surface area contributed by atoms with Crippen LogP contribution >= 0.6 is 0 Å². The topological polar surface area (TPSA) is 59.5 Å². The average molecular weight is 448 g/mol. The standard InChI is InChI=1S/C29H29N5/c1-19-6-5-7-20(2)34(19)23-12-10-21(11-13-23)22-16-31-29-27(17-32-33(29)18-22)25-14-15-28(30)26-9-4-3-8-24(25)26/h3-4,8-20H,5-7,30H2,1-2H3/t19-,20+. The lowest BCUT2D eigenvalue weighted by Gasteiger charge is -2.41. The second-order valence-electron chi connectivity index (χ2n) is 9.50. The Labute approximate surface area is 199 Å². The van der Waals surface area contributed by atoms with Crippen molar-refractivity contribution in [1.29, 1.82) is 0 Å². The van der Waals surface area contributed by atoms with E-state index in [1.807, 2.05) is 35.1 Å². The van der Waals surface area contributed by atoms with Gasteiger partial charge in [-0.2, -0.15) is 5.10 Å². The van der Waals surface area contributed by atoms with E-state index >= 15 is 0 Å². The lowest BCUT2D eigenvalue weighted by Crippen LogP contribution is -2.43. The van der Waals surface area contributed by atoms with Gasteiger partial charge in [-0.05, 0) is 67.8 Å². The summed E-state index contributed by atoms with van der Waals surface area (Å²) in [5, 5.41) is 6.80. The number of aromatic nitrogens is 3. The highest BCUT2D eigenvalue weighted by Crippen LogP contribution is 2.35. The maximum atomic E-state index is 6.21. The Balaban J connectivity index is 1.35.